The number of thioether (sulfide) groups is 1. The average molecular weight is 310 g/mol. The molecule has 3 aliphatic rings. The van der Waals surface area contributed by atoms with Crippen molar-refractivity contribution in [3.05, 3.63) is 0 Å². The van der Waals surface area contributed by atoms with Gasteiger partial charge in [-0.1, -0.05) is 13.8 Å². The molecule has 3 saturated heterocycles. The van der Waals surface area contributed by atoms with Crippen LogP contribution in [0.25, 0.3) is 0 Å². The number of hydrogen-bond acceptors (Lipinski definition) is 3. The highest BCUT2D eigenvalue weighted by atomic mass is 32.2. The molecule has 0 aromatic rings. The summed E-state index contributed by atoms with van der Waals surface area (Å²) in [5.74, 6) is 1.73. The van der Waals surface area contributed by atoms with Gasteiger partial charge in [-0.15, -0.1) is 0 Å². The Kier molecular flexibility index (Phi) is 3.97. The van der Waals surface area contributed by atoms with Crippen molar-refractivity contribution >= 4 is 23.6 Å². The van der Waals surface area contributed by atoms with Gasteiger partial charge in [0.1, 0.15) is 12.1 Å². The Labute approximate surface area is 131 Å². The van der Waals surface area contributed by atoms with Gasteiger partial charge in [0.2, 0.25) is 11.8 Å². The van der Waals surface area contributed by atoms with Crippen LogP contribution < -0.4 is 0 Å². The minimum Gasteiger partial charge on any atom is -0.329 e. The molecule has 0 spiro atoms. The van der Waals surface area contributed by atoms with Crippen LogP contribution in [0.15, 0.2) is 0 Å². The molecule has 3 rings (SSSR count). The van der Waals surface area contributed by atoms with Crippen molar-refractivity contribution in [3.63, 3.8) is 0 Å². The van der Waals surface area contributed by atoms with Crippen LogP contribution >= 0.6 is 11.8 Å². The second kappa shape index (κ2) is 5.49. The van der Waals surface area contributed by atoms with Crippen LogP contribution in [0.3, 0.4) is 0 Å². The molecule has 0 radical (unpaired) electrons. The van der Waals surface area contributed by atoms with Gasteiger partial charge in [0.05, 0.1) is 0 Å². The number of carbonyl (C=O) groups excluding carboxylic acids is 2. The normalized spacial score (nSPS) is 36.8. The van der Waals surface area contributed by atoms with Crippen molar-refractivity contribution in [2.24, 2.45) is 5.92 Å². The van der Waals surface area contributed by atoms with Gasteiger partial charge in [0.25, 0.3) is 0 Å². The summed E-state index contributed by atoms with van der Waals surface area (Å²) in [5.41, 5.74) is 0. The number of amides is 2. The summed E-state index contributed by atoms with van der Waals surface area (Å²) in [6.07, 6.45) is 4.18. The van der Waals surface area contributed by atoms with E-state index in [-0.39, 0.29) is 34.6 Å². The third kappa shape index (κ3) is 2.58. The van der Waals surface area contributed by atoms with Crippen molar-refractivity contribution in [2.75, 3.05) is 18.8 Å². The van der Waals surface area contributed by atoms with Crippen LogP contribution in [0.5, 0.6) is 0 Å². The van der Waals surface area contributed by atoms with Gasteiger partial charge in [-0.25, -0.2) is 0 Å². The van der Waals surface area contributed by atoms with Crippen LogP contribution in [0, 0.1) is 5.92 Å². The zero-order valence-electron chi connectivity index (χ0n) is 13.3. The van der Waals surface area contributed by atoms with Crippen LogP contribution in [-0.4, -0.2) is 57.3 Å². The van der Waals surface area contributed by atoms with E-state index in [2.05, 4.69) is 20.8 Å². The lowest BCUT2D eigenvalue weighted by Gasteiger charge is -2.46. The molecule has 0 bridgehead atoms. The summed E-state index contributed by atoms with van der Waals surface area (Å²) in [5, 5.41) is 0. The summed E-state index contributed by atoms with van der Waals surface area (Å²) in [4.78, 5) is 29.5. The highest BCUT2D eigenvalue weighted by Crippen LogP contribution is 2.40. The van der Waals surface area contributed by atoms with E-state index in [0.29, 0.717) is 0 Å². The van der Waals surface area contributed by atoms with Crippen molar-refractivity contribution < 1.29 is 9.59 Å². The summed E-state index contributed by atoms with van der Waals surface area (Å²) in [6.45, 7) is 7.86. The van der Waals surface area contributed by atoms with E-state index >= 15 is 0 Å². The fourth-order valence-electron chi connectivity index (χ4n) is 4.06. The summed E-state index contributed by atoms with van der Waals surface area (Å²) in [7, 11) is 0. The predicted octanol–water partition coefficient (Wildman–Crippen LogP) is 2.13. The van der Waals surface area contributed by atoms with E-state index in [9.17, 15) is 9.59 Å². The largest absolute Gasteiger partial charge is 0.329 e. The van der Waals surface area contributed by atoms with E-state index in [1.165, 1.54) is 12.2 Å². The Morgan fingerprint density at radius 2 is 2.05 bits per heavy atom. The third-order valence-corrected chi connectivity index (χ3v) is 6.65. The van der Waals surface area contributed by atoms with E-state index in [4.69, 9.17) is 0 Å². The smallest absolute Gasteiger partial charge is 0.246 e. The highest BCUT2D eigenvalue weighted by Gasteiger charge is 2.50. The molecule has 21 heavy (non-hydrogen) atoms. The van der Waals surface area contributed by atoms with Gasteiger partial charge in [-0.05, 0) is 44.3 Å². The van der Waals surface area contributed by atoms with Crippen LogP contribution in [0.1, 0.15) is 46.5 Å². The van der Waals surface area contributed by atoms with Crippen LogP contribution in [-0.2, 0) is 9.59 Å². The first kappa shape index (κ1) is 15.2. The monoisotopic (exact) mass is 310 g/mol. The minimum atomic E-state index is -0.259. The first-order chi connectivity index (χ1) is 9.93. The Morgan fingerprint density at radius 1 is 1.29 bits per heavy atom. The van der Waals surface area contributed by atoms with E-state index < -0.39 is 0 Å². The van der Waals surface area contributed by atoms with Gasteiger partial charge in [0.15, 0.2) is 0 Å². The minimum absolute atomic E-state index is 0.129. The zero-order chi connectivity index (χ0) is 15.2. The van der Waals surface area contributed by atoms with Crippen LogP contribution in [0.2, 0.25) is 0 Å². The molecule has 0 aromatic heterocycles. The van der Waals surface area contributed by atoms with Gasteiger partial charge >= 0.3 is 0 Å². The summed E-state index contributed by atoms with van der Waals surface area (Å²) < 4.78 is 0.129. The molecule has 3 fully saturated rings. The quantitative estimate of drug-likeness (QED) is 0.802. The molecular weight excluding hydrogens is 284 g/mol. The maximum Gasteiger partial charge on any atom is 0.246 e. The number of hydrogen-bond donors (Lipinski definition) is 0. The molecule has 4 nitrogen and oxygen atoms in total. The van der Waals surface area contributed by atoms with Gasteiger partial charge in [-0.2, -0.15) is 11.8 Å². The van der Waals surface area contributed by atoms with Gasteiger partial charge in [0, 0.05) is 17.8 Å². The molecule has 5 heteroatoms. The van der Waals surface area contributed by atoms with Gasteiger partial charge in [-0.3, -0.25) is 9.59 Å². The van der Waals surface area contributed by atoms with Crippen LogP contribution in [0.4, 0.5) is 0 Å². The number of nitrogens with zero attached hydrogens (tertiary/aromatic N) is 2. The molecule has 118 valence electrons. The first-order valence-corrected chi connectivity index (χ1v) is 9.16. The number of rotatable bonds is 3. The molecular formula is C16H26N2O2S. The predicted molar refractivity (Wildman–Crippen MR) is 85.2 cm³/mol. The lowest BCUT2D eigenvalue weighted by atomic mass is 9.93. The molecule has 3 atom stereocenters. The van der Waals surface area contributed by atoms with E-state index in [1.807, 2.05) is 21.6 Å². The van der Waals surface area contributed by atoms with Crippen molar-refractivity contribution in [3.8, 4) is 0 Å². The highest BCUT2D eigenvalue weighted by molar-refractivity contribution is 8.00. The maximum atomic E-state index is 12.9. The Hall–Kier alpha value is -0.710. The number of carbonyl (C=O) groups is 2. The first-order valence-electron chi connectivity index (χ1n) is 8.18. The van der Waals surface area contributed by atoms with Gasteiger partial charge < -0.3 is 9.80 Å². The fraction of sp³-hybridized carbons (Fsp3) is 0.875. The lowest BCUT2D eigenvalue weighted by Crippen LogP contribution is -2.65. The second-order valence-electron chi connectivity index (χ2n) is 7.25. The second-order valence-corrected chi connectivity index (χ2v) is 8.93. The third-order valence-electron chi connectivity index (χ3n) is 5.13. The fourth-order valence-corrected chi connectivity index (χ4v) is 5.36. The molecule has 0 saturated carbocycles. The summed E-state index contributed by atoms with van der Waals surface area (Å²) in [6, 6.07) is -0.438. The average Bonchev–Trinajstić information content (AvgIpc) is 3.04. The Morgan fingerprint density at radius 3 is 2.67 bits per heavy atom. The molecule has 3 aliphatic heterocycles. The molecule has 2 amide bonds. The molecule has 0 aromatic carbocycles. The molecule has 0 N–H and O–H groups in total. The standard InChI is InChI=1S/C16H26N2O2S/c1-11(2)13-15(20)17-8-4-6-12(17)14(19)18(13)10-16(3)7-5-9-21-16/h11-13H,4-10H2,1-3H3. The zero-order valence-corrected chi connectivity index (χ0v) is 14.1. The molecule has 0 aliphatic carbocycles. The van der Waals surface area contributed by atoms with Crippen molar-refractivity contribution in [1.29, 1.82) is 0 Å². The number of piperazine rings is 1. The summed E-state index contributed by atoms with van der Waals surface area (Å²) >= 11 is 1.96. The SMILES string of the molecule is CC(C)C1C(=O)N2CCCC2C(=O)N1CC1(C)CCCS1. The lowest BCUT2D eigenvalue weighted by molar-refractivity contribution is -0.161. The molecule has 3 unspecified atom stereocenters. The Balaban J connectivity index is 1.87. The topological polar surface area (TPSA) is 40.6 Å². The molecule has 3 heterocycles. The van der Waals surface area contributed by atoms with E-state index in [1.54, 1.807) is 0 Å². The van der Waals surface area contributed by atoms with Crippen molar-refractivity contribution in [2.45, 2.75) is 63.3 Å². The van der Waals surface area contributed by atoms with E-state index in [0.717, 1.165) is 32.4 Å². The number of fused-ring (bicyclic) bond motifs is 1. The Bertz CT molecular complexity index is 446. The van der Waals surface area contributed by atoms with Crippen molar-refractivity contribution in [1.82, 2.24) is 9.80 Å². The maximum absolute atomic E-state index is 12.9.